The van der Waals surface area contributed by atoms with Gasteiger partial charge in [0.15, 0.2) is 0 Å². The first kappa shape index (κ1) is 16.5. The monoisotopic (exact) mass is 341 g/mol. The number of urea groups is 1. The summed E-state index contributed by atoms with van der Waals surface area (Å²) in [5.41, 5.74) is 2.32. The highest BCUT2D eigenvalue weighted by atomic mass is 16.5. The van der Waals surface area contributed by atoms with Gasteiger partial charge in [0.1, 0.15) is 5.75 Å². The first-order valence-electron chi connectivity index (χ1n) is 9.32. The van der Waals surface area contributed by atoms with E-state index < -0.39 is 0 Å². The Kier molecular flexibility index (Phi) is 4.66. The maximum atomic E-state index is 12.6. The average molecular weight is 341 g/mol. The van der Waals surface area contributed by atoms with Crippen LogP contribution in [-0.2, 0) is 0 Å². The fourth-order valence-corrected chi connectivity index (χ4v) is 4.44. The van der Waals surface area contributed by atoms with E-state index in [0.29, 0.717) is 19.1 Å². The molecule has 3 aliphatic rings. The van der Waals surface area contributed by atoms with Crippen molar-refractivity contribution < 1.29 is 9.53 Å². The summed E-state index contributed by atoms with van der Waals surface area (Å²) in [6, 6.07) is 8.44. The highest BCUT2D eigenvalue weighted by Crippen LogP contribution is 2.33. The molecule has 134 valence electrons. The van der Waals surface area contributed by atoms with E-state index in [0.717, 1.165) is 49.1 Å². The smallest absolute Gasteiger partial charge is 0.318 e. The molecule has 2 N–H and O–H groups in total. The van der Waals surface area contributed by atoms with Crippen LogP contribution in [0.15, 0.2) is 30.3 Å². The number of benzene rings is 1. The second kappa shape index (κ2) is 7.08. The van der Waals surface area contributed by atoms with Crippen LogP contribution in [0.1, 0.15) is 24.8 Å². The molecule has 2 aliphatic heterocycles. The van der Waals surface area contributed by atoms with E-state index in [1.165, 1.54) is 12.0 Å². The van der Waals surface area contributed by atoms with E-state index in [-0.39, 0.29) is 6.03 Å². The number of fused-ring (bicyclic) bond motifs is 1. The van der Waals surface area contributed by atoms with Gasteiger partial charge in [0, 0.05) is 19.1 Å². The van der Waals surface area contributed by atoms with Crippen LogP contribution in [0.25, 0.3) is 5.57 Å². The van der Waals surface area contributed by atoms with Crippen LogP contribution in [0.2, 0.25) is 0 Å². The molecular weight excluding hydrogens is 314 g/mol. The SMILES string of the molecule is COc1cccc(C2=CCN(C(=O)NC3CCC4CNCC4C3)C2)c1. The molecule has 1 aliphatic carbocycles. The number of nitrogens with zero attached hydrogens (tertiary/aromatic N) is 1. The van der Waals surface area contributed by atoms with Crippen LogP contribution in [0, 0.1) is 11.8 Å². The summed E-state index contributed by atoms with van der Waals surface area (Å²) >= 11 is 0. The third kappa shape index (κ3) is 3.52. The van der Waals surface area contributed by atoms with Crippen molar-refractivity contribution in [2.24, 2.45) is 11.8 Å². The third-order valence-corrected chi connectivity index (χ3v) is 5.93. The Morgan fingerprint density at radius 1 is 1.28 bits per heavy atom. The fraction of sp³-hybridized carbons (Fsp3) is 0.550. The van der Waals surface area contributed by atoms with Gasteiger partial charge < -0.3 is 20.3 Å². The van der Waals surface area contributed by atoms with Crippen LogP contribution >= 0.6 is 0 Å². The number of nitrogens with one attached hydrogen (secondary N) is 2. The Morgan fingerprint density at radius 2 is 2.16 bits per heavy atom. The van der Waals surface area contributed by atoms with Crippen LogP contribution in [-0.4, -0.2) is 50.3 Å². The Hall–Kier alpha value is -2.01. The second-order valence-corrected chi connectivity index (χ2v) is 7.48. The van der Waals surface area contributed by atoms with Gasteiger partial charge in [0.25, 0.3) is 0 Å². The Bertz CT molecular complexity index is 673. The van der Waals surface area contributed by atoms with Gasteiger partial charge in [-0.05, 0) is 67.5 Å². The lowest BCUT2D eigenvalue weighted by molar-refractivity contribution is 0.191. The summed E-state index contributed by atoms with van der Waals surface area (Å²) < 4.78 is 5.30. The van der Waals surface area contributed by atoms with E-state index in [2.05, 4.69) is 22.8 Å². The topological polar surface area (TPSA) is 53.6 Å². The molecule has 4 rings (SSSR count). The van der Waals surface area contributed by atoms with Crippen molar-refractivity contribution in [2.45, 2.75) is 25.3 Å². The highest BCUT2D eigenvalue weighted by molar-refractivity contribution is 5.81. The lowest BCUT2D eigenvalue weighted by Crippen LogP contribution is -2.46. The van der Waals surface area contributed by atoms with Crippen molar-refractivity contribution >= 4 is 11.6 Å². The number of carbonyl (C=O) groups is 1. The summed E-state index contributed by atoms with van der Waals surface area (Å²) in [4.78, 5) is 14.5. The molecule has 2 heterocycles. The molecule has 5 nitrogen and oxygen atoms in total. The van der Waals surface area contributed by atoms with Crippen molar-refractivity contribution in [3.8, 4) is 5.75 Å². The standard InChI is InChI=1S/C20H27N3O2/c1-25-19-4-2-3-14(10-19)16-7-8-23(13-16)20(24)22-18-6-5-15-11-21-12-17(15)9-18/h2-4,7,10,15,17-18,21H,5-6,8-9,11-13H2,1H3,(H,22,24). The molecule has 2 fully saturated rings. The van der Waals surface area contributed by atoms with Crippen LogP contribution in [0.3, 0.4) is 0 Å². The molecule has 0 spiro atoms. The summed E-state index contributed by atoms with van der Waals surface area (Å²) in [6.45, 7) is 3.62. The molecule has 1 aromatic carbocycles. The molecule has 3 unspecified atom stereocenters. The average Bonchev–Trinajstić information content (AvgIpc) is 3.31. The van der Waals surface area contributed by atoms with Crippen LogP contribution in [0.4, 0.5) is 4.79 Å². The molecule has 0 aromatic heterocycles. The van der Waals surface area contributed by atoms with Crippen molar-refractivity contribution in [1.29, 1.82) is 0 Å². The molecule has 1 saturated heterocycles. The minimum Gasteiger partial charge on any atom is -0.497 e. The van der Waals surface area contributed by atoms with Crippen LogP contribution < -0.4 is 15.4 Å². The largest absolute Gasteiger partial charge is 0.497 e. The van der Waals surface area contributed by atoms with Gasteiger partial charge in [-0.25, -0.2) is 4.79 Å². The van der Waals surface area contributed by atoms with Crippen LogP contribution in [0.5, 0.6) is 5.75 Å². The maximum absolute atomic E-state index is 12.6. The number of rotatable bonds is 3. The van der Waals surface area contributed by atoms with Crippen molar-refractivity contribution in [3.63, 3.8) is 0 Å². The van der Waals surface area contributed by atoms with Gasteiger partial charge in [-0.1, -0.05) is 18.2 Å². The second-order valence-electron chi connectivity index (χ2n) is 7.48. The van der Waals surface area contributed by atoms with Gasteiger partial charge in [-0.15, -0.1) is 0 Å². The fourth-order valence-electron chi connectivity index (χ4n) is 4.44. The summed E-state index contributed by atoms with van der Waals surface area (Å²) in [6.07, 6.45) is 5.61. The normalized spacial score (nSPS) is 28.4. The van der Waals surface area contributed by atoms with Gasteiger partial charge in [-0.2, -0.15) is 0 Å². The Balaban J connectivity index is 1.32. The van der Waals surface area contributed by atoms with E-state index >= 15 is 0 Å². The maximum Gasteiger partial charge on any atom is 0.318 e. The van der Waals surface area contributed by atoms with Gasteiger partial charge in [-0.3, -0.25) is 0 Å². The van der Waals surface area contributed by atoms with Crippen molar-refractivity contribution in [1.82, 2.24) is 15.5 Å². The minimum absolute atomic E-state index is 0.0727. The minimum atomic E-state index is 0.0727. The number of methoxy groups -OCH3 is 1. The number of carbonyl (C=O) groups excluding carboxylic acids is 1. The first-order chi connectivity index (χ1) is 12.2. The third-order valence-electron chi connectivity index (χ3n) is 5.93. The predicted octanol–water partition coefficient (Wildman–Crippen LogP) is 2.49. The molecule has 1 aromatic rings. The lowest BCUT2D eigenvalue weighted by atomic mass is 9.79. The zero-order valence-corrected chi connectivity index (χ0v) is 14.8. The quantitative estimate of drug-likeness (QED) is 0.888. The zero-order chi connectivity index (χ0) is 17.2. The number of hydrogen-bond donors (Lipinski definition) is 2. The van der Waals surface area contributed by atoms with E-state index in [9.17, 15) is 4.79 Å². The van der Waals surface area contributed by atoms with E-state index in [4.69, 9.17) is 4.74 Å². The zero-order valence-electron chi connectivity index (χ0n) is 14.8. The molecular formula is C20H27N3O2. The summed E-state index contributed by atoms with van der Waals surface area (Å²) in [7, 11) is 1.68. The predicted molar refractivity (Wildman–Crippen MR) is 98.6 cm³/mol. The molecule has 5 heteroatoms. The van der Waals surface area contributed by atoms with E-state index in [1.54, 1.807) is 7.11 Å². The summed E-state index contributed by atoms with van der Waals surface area (Å²) in [5.74, 6) is 2.41. The molecule has 0 radical (unpaired) electrons. The number of hydrogen-bond acceptors (Lipinski definition) is 3. The lowest BCUT2D eigenvalue weighted by Gasteiger charge is -2.32. The highest BCUT2D eigenvalue weighted by Gasteiger charge is 2.35. The Labute approximate surface area is 149 Å². The van der Waals surface area contributed by atoms with E-state index in [1.807, 2.05) is 23.1 Å². The molecule has 1 saturated carbocycles. The van der Waals surface area contributed by atoms with Gasteiger partial charge in [0.05, 0.1) is 7.11 Å². The van der Waals surface area contributed by atoms with Crippen molar-refractivity contribution in [3.05, 3.63) is 35.9 Å². The molecule has 2 amide bonds. The molecule has 3 atom stereocenters. The number of amides is 2. The van der Waals surface area contributed by atoms with Crippen molar-refractivity contribution in [2.75, 3.05) is 33.3 Å². The molecule has 0 bridgehead atoms. The first-order valence-corrected chi connectivity index (χ1v) is 9.32. The Morgan fingerprint density at radius 3 is 3.04 bits per heavy atom. The number of ether oxygens (including phenoxy) is 1. The molecule has 25 heavy (non-hydrogen) atoms. The van der Waals surface area contributed by atoms with Gasteiger partial charge >= 0.3 is 6.03 Å². The summed E-state index contributed by atoms with van der Waals surface area (Å²) in [5, 5.41) is 6.75. The van der Waals surface area contributed by atoms with Gasteiger partial charge in [0.2, 0.25) is 0 Å².